The second-order valence-electron chi connectivity index (χ2n) is 5.50. The van der Waals surface area contributed by atoms with E-state index in [0.717, 1.165) is 11.5 Å². The number of carboxylic acid groups (broad SMARTS) is 1. The number of carboxylic acids is 1. The zero-order chi connectivity index (χ0) is 13.7. The maximum atomic E-state index is 11.1. The van der Waals surface area contributed by atoms with E-state index in [1.807, 2.05) is 11.4 Å². The van der Waals surface area contributed by atoms with Crippen LogP contribution in [0.5, 0.6) is 0 Å². The molecule has 0 aliphatic heterocycles. The number of rotatable bonds is 5. The van der Waals surface area contributed by atoms with E-state index in [2.05, 4.69) is 12.2 Å². The van der Waals surface area contributed by atoms with Gasteiger partial charge in [-0.1, -0.05) is 25.7 Å². The average molecular weight is 281 g/mol. The number of carbonyl (C=O) groups is 1. The quantitative estimate of drug-likeness (QED) is 0.805. The van der Waals surface area contributed by atoms with Gasteiger partial charge in [0.15, 0.2) is 0 Å². The van der Waals surface area contributed by atoms with Crippen molar-refractivity contribution in [2.24, 2.45) is 5.92 Å². The summed E-state index contributed by atoms with van der Waals surface area (Å²) in [6.45, 7) is 2.91. The fraction of sp³-hybridized carbons (Fsp3) is 0.667. The highest BCUT2D eigenvalue weighted by atomic mass is 32.1. The van der Waals surface area contributed by atoms with Crippen LogP contribution in [0.2, 0.25) is 0 Å². The molecule has 2 rings (SSSR count). The standard InChI is InChI=1S/C15H23NO2S/c1-11(12-6-4-2-3-5-7-12)16-10-13-8-9-19-14(13)15(17)18/h8-9,11-12,16H,2-7,10H2,1H3,(H,17,18)/t11-/m1/s1. The maximum absolute atomic E-state index is 11.1. The minimum atomic E-state index is -0.811. The van der Waals surface area contributed by atoms with Crippen molar-refractivity contribution in [1.82, 2.24) is 5.32 Å². The summed E-state index contributed by atoms with van der Waals surface area (Å²) in [5, 5.41) is 14.5. The molecule has 2 N–H and O–H groups in total. The summed E-state index contributed by atoms with van der Waals surface area (Å²) >= 11 is 1.31. The smallest absolute Gasteiger partial charge is 0.346 e. The van der Waals surface area contributed by atoms with Gasteiger partial charge >= 0.3 is 5.97 Å². The van der Waals surface area contributed by atoms with Gasteiger partial charge in [-0.2, -0.15) is 0 Å². The lowest BCUT2D eigenvalue weighted by Gasteiger charge is -2.23. The Morgan fingerprint density at radius 2 is 2.11 bits per heavy atom. The molecule has 1 saturated carbocycles. The van der Waals surface area contributed by atoms with E-state index in [0.29, 0.717) is 17.5 Å². The van der Waals surface area contributed by atoms with Gasteiger partial charge in [-0.05, 0) is 42.7 Å². The Balaban J connectivity index is 1.86. The lowest BCUT2D eigenvalue weighted by atomic mass is 9.93. The average Bonchev–Trinajstić information content (AvgIpc) is 2.69. The van der Waals surface area contributed by atoms with Crippen molar-refractivity contribution in [2.75, 3.05) is 0 Å². The Morgan fingerprint density at radius 1 is 1.42 bits per heavy atom. The molecule has 0 saturated heterocycles. The van der Waals surface area contributed by atoms with Crippen LogP contribution in [0, 0.1) is 5.92 Å². The molecule has 4 heteroatoms. The van der Waals surface area contributed by atoms with Crippen molar-refractivity contribution >= 4 is 17.3 Å². The molecule has 0 radical (unpaired) electrons. The largest absolute Gasteiger partial charge is 0.477 e. The van der Waals surface area contributed by atoms with Gasteiger partial charge in [-0.25, -0.2) is 4.79 Å². The third-order valence-electron chi connectivity index (χ3n) is 4.16. The molecule has 3 nitrogen and oxygen atoms in total. The second-order valence-corrected chi connectivity index (χ2v) is 6.42. The van der Waals surface area contributed by atoms with Crippen LogP contribution in [-0.2, 0) is 6.54 Å². The minimum Gasteiger partial charge on any atom is -0.477 e. The van der Waals surface area contributed by atoms with Gasteiger partial charge in [0.1, 0.15) is 4.88 Å². The van der Waals surface area contributed by atoms with Gasteiger partial charge in [0.25, 0.3) is 0 Å². The topological polar surface area (TPSA) is 49.3 Å². The molecule has 19 heavy (non-hydrogen) atoms. The molecule has 106 valence electrons. The highest BCUT2D eigenvalue weighted by molar-refractivity contribution is 7.12. The highest BCUT2D eigenvalue weighted by Crippen LogP contribution is 2.26. The molecule has 1 aromatic heterocycles. The van der Waals surface area contributed by atoms with Crippen molar-refractivity contribution in [3.63, 3.8) is 0 Å². The van der Waals surface area contributed by atoms with Crippen molar-refractivity contribution in [3.05, 3.63) is 21.9 Å². The lowest BCUT2D eigenvalue weighted by molar-refractivity contribution is 0.0701. The molecule has 0 spiro atoms. The molecule has 1 fully saturated rings. The summed E-state index contributed by atoms with van der Waals surface area (Å²) in [7, 11) is 0. The van der Waals surface area contributed by atoms with E-state index in [1.165, 1.54) is 49.9 Å². The third-order valence-corrected chi connectivity index (χ3v) is 5.11. The van der Waals surface area contributed by atoms with E-state index in [1.54, 1.807) is 0 Å². The predicted molar refractivity (Wildman–Crippen MR) is 78.8 cm³/mol. The van der Waals surface area contributed by atoms with E-state index >= 15 is 0 Å². The second kappa shape index (κ2) is 7.06. The van der Waals surface area contributed by atoms with Gasteiger partial charge in [-0.3, -0.25) is 0 Å². The van der Waals surface area contributed by atoms with Crippen molar-refractivity contribution < 1.29 is 9.90 Å². The van der Waals surface area contributed by atoms with Crippen molar-refractivity contribution in [3.8, 4) is 0 Å². The van der Waals surface area contributed by atoms with E-state index < -0.39 is 5.97 Å². The molecule has 1 heterocycles. The first-order valence-electron chi connectivity index (χ1n) is 7.21. The Morgan fingerprint density at radius 3 is 2.74 bits per heavy atom. The van der Waals surface area contributed by atoms with Gasteiger partial charge < -0.3 is 10.4 Å². The number of aromatic carboxylic acids is 1. The molecule has 0 aromatic carbocycles. The van der Waals surface area contributed by atoms with Crippen LogP contribution in [0.15, 0.2) is 11.4 Å². The van der Waals surface area contributed by atoms with Crippen LogP contribution >= 0.6 is 11.3 Å². The van der Waals surface area contributed by atoms with Gasteiger partial charge in [0, 0.05) is 12.6 Å². The molecule has 0 bridgehead atoms. The maximum Gasteiger partial charge on any atom is 0.346 e. The Bertz CT molecular complexity index is 408. The normalized spacial score (nSPS) is 19.0. The molecule has 0 amide bonds. The zero-order valence-corrected chi connectivity index (χ0v) is 12.3. The first kappa shape index (κ1) is 14.5. The first-order chi connectivity index (χ1) is 9.18. The minimum absolute atomic E-state index is 0.472. The van der Waals surface area contributed by atoms with Crippen LogP contribution in [0.25, 0.3) is 0 Å². The van der Waals surface area contributed by atoms with E-state index in [9.17, 15) is 4.79 Å². The summed E-state index contributed by atoms with van der Waals surface area (Å²) in [5.74, 6) is -0.0664. The molecule has 1 aliphatic rings. The zero-order valence-electron chi connectivity index (χ0n) is 11.5. The predicted octanol–water partition coefficient (Wildman–Crippen LogP) is 3.89. The fourth-order valence-electron chi connectivity index (χ4n) is 2.91. The molecular weight excluding hydrogens is 258 g/mol. The van der Waals surface area contributed by atoms with Gasteiger partial charge in [0.2, 0.25) is 0 Å². The van der Waals surface area contributed by atoms with Crippen LogP contribution in [0.1, 0.15) is 60.7 Å². The number of thiophene rings is 1. The molecule has 1 aromatic rings. The van der Waals surface area contributed by atoms with Crippen LogP contribution < -0.4 is 5.32 Å². The Kier molecular flexibility index (Phi) is 5.40. The highest BCUT2D eigenvalue weighted by Gasteiger charge is 2.19. The van der Waals surface area contributed by atoms with Crippen LogP contribution in [0.4, 0.5) is 0 Å². The summed E-state index contributed by atoms with van der Waals surface area (Å²) in [5.41, 5.74) is 0.915. The number of nitrogens with one attached hydrogen (secondary N) is 1. The van der Waals surface area contributed by atoms with Crippen molar-refractivity contribution in [1.29, 1.82) is 0 Å². The Hall–Kier alpha value is -0.870. The molecule has 1 atom stereocenters. The van der Waals surface area contributed by atoms with Gasteiger partial charge in [-0.15, -0.1) is 11.3 Å². The lowest BCUT2D eigenvalue weighted by Crippen LogP contribution is -2.33. The van der Waals surface area contributed by atoms with Crippen molar-refractivity contribution in [2.45, 2.75) is 58.0 Å². The summed E-state index contributed by atoms with van der Waals surface area (Å²) < 4.78 is 0. The molecule has 1 aliphatic carbocycles. The Labute approximate surface area is 119 Å². The van der Waals surface area contributed by atoms with Crippen LogP contribution in [0.3, 0.4) is 0 Å². The van der Waals surface area contributed by atoms with E-state index in [-0.39, 0.29) is 0 Å². The SMILES string of the molecule is C[C@@H](NCc1ccsc1C(=O)O)C1CCCCCC1. The van der Waals surface area contributed by atoms with Crippen LogP contribution in [-0.4, -0.2) is 17.1 Å². The molecular formula is C15H23NO2S. The van der Waals surface area contributed by atoms with Gasteiger partial charge in [0.05, 0.1) is 0 Å². The van der Waals surface area contributed by atoms with E-state index in [4.69, 9.17) is 5.11 Å². The fourth-order valence-corrected chi connectivity index (χ4v) is 3.67. The monoisotopic (exact) mass is 281 g/mol. The number of hydrogen-bond donors (Lipinski definition) is 2. The summed E-state index contributed by atoms with van der Waals surface area (Å²) in [6, 6.07) is 2.39. The summed E-state index contributed by atoms with van der Waals surface area (Å²) in [4.78, 5) is 11.5. The number of hydrogen-bond acceptors (Lipinski definition) is 3. The molecule has 0 unspecified atom stereocenters. The summed E-state index contributed by atoms with van der Waals surface area (Å²) in [6.07, 6.45) is 8.05. The first-order valence-corrected chi connectivity index (χ1v) is 8.09. The third kappa shape index (κ3) is 4.05.